The second kappa shape index (κ2) is 7.05. The smallest absolute Gasteiger partial charge is 0.335 e. The van der Waals surface area contributed by atoms with Crippen molar-refractivity contribution in [3.8, 4) is 11.3 Å². The third-order valence-corrected chi connectivity index (χ3v) is 3.94. The average molecular weight is 332 g/mol. The Morgan fingerprint density at radius 2 is 1.88 bits per heavy atom. The number of carboxylic acids is 1. The SMILES string of the molecule is Cc1cccc(C(C=O)c2ccnc(-c3ccc(C(=O)O)cc3)c2)n1. The molecule has 1 aromatic carbocycles. The number of aromatic carboxylic acids is 1. The lowest BCUT2D eigenvalue weighted by Crippen LogP contribution is -2.06. The van der Waals surface area contributed by atoms with Gasteiger partial charge in [-0.15, -0.1) is 0 Å². The summed E-state index contributed by atoms with van der Waals surface area (Å²) in [6.45, 7) is 1.88. The van der Waals surface area contributed by atoms with Gasteiger partial charge in [-0.05, 0) is 48.9 Å². The van der Waals surface area contributed by atoms with Crippen LogP contribution >= 0.6 is 0 Å². The number of pyridine rings is 2. The van der Waals surface area contributed by atoms with Gasteiger partial charge in [-0.2, -0.15) is 0 Å². The zero-order valence-electron chi connectivity index (χ0n) is 13.6. The minimum absolute atomic E-state index is 0.217. The Bertz CT molecular complexity index is 920. The average Bonchev–Trinajstić information content (AvgIpc) is 2.63. The Labute approximate surface area is 145 Å². The zero-order chi connectivity index (χ0) is 17.8. The first kappa shape index (κ1) is 16.5. The lowest BCUT2D eigenvalue weighted by molar-refractivity contribution is -0.108. The number of rotatable bonds is 5. The summed E-state index contributed by atoms with van der Waals surface area (Å²) in [5, 5.41) is 8.98. The molecule has 5 heteroatoms. The van der Waals surface area contributed by atoms with Crippen molar-refractivity contribution in [3.63, 3.8) is 0 Å². The molecule has 1 atom stereocenters. The molecule has 2 aromatic heterocycles. The molecule has 0 fully saturated rings. The summed E-state index contributed by atoms with van der Waals surface area (Å²) in [7, 11) is 0. The second-order valence-electron chi connectivity index (χ2n) is 5.67. The number of hydrogen-bond donors (Lipinski definition) is 1. The number of hydrogen-bond acceptors (Lipinski definition) is 4. The Morgan fingerprint density at radius 1 is 1.12 bits per heavy atom. The molecule has 0 aliphatic heterocycles. The first-order chi connectivity index (χ1) is 12.1. The molecule has 25 heavy (non-hydrogen) atoms. The van der Waals surface area contributed by atoms with Crippen LogP contribution in [0.4, 0.5) is 0 Å². The van der Waals surface area contributed by atoms with E-state index in [1.54, 1.807) is 24.4 Å². The number of aryl methyl sites for hydroxylation is 1. The molecule has 3 rings (SSSR count). The molecule has 124 valence electrons. The zero-order valence-corrected chi connectivity index (χ0v) is 13.6. The highest BCUT2D eigenvalue weighted by Gasteiger charge is 2.16. The maximum Gasteiger partial charge on any atom is 0.335 e. The van der Waals surface area contributed by atoms with Gasteiger partial charge in [0.2, 0.25) is 0 Å². The summed E-state index contributed by atoms with van der Waals surface area (Å²) in [5.74, 6) is -1.44. The van der Waals surface area contributed by atoms with Crippen LogP contribution in [-0.4, -0.2) is 27.3 Å². The minimum Gasteiger partial charge on any atom is -0.478 e. The van der Waals surface area contributed by atoms with Crippen LogP contribution in [0.1, 0.15) is 33.2 Å². The van der Waals surface area contributed by atoms with Crippen LogP contribution in [0.25, 0.3) is 11.3 Å². The summed E-state index contributed by atoms with van der Waals surface area (Å²) in [6.07, 6.45) is 2.51. The molecular formula is C20H16N2O3. The van der Waals surface area contributed by atoms with E-state index in [0.717, 1.165) is 23.1 Å². The third kappa shape index (κ3) is 3.61. The van der Waals surface area contributed by atoms with Gasteiger partial charge in [-0.25, -0.2) is 4.79 Å². The van der Waals surface area contributed by atoms with Crippen molar-refractivity contribution >= 4 is 12.3 Å². The fourth-order valence-corrected chi connectivity index (χ4v) is 2.64. The Hall–Kier alpha value is -3.34. The quantitative estimate of drug-likeness (QED) is 0.724. The van der Waals surface area contributed by atoms with Gasteiger partial charge in [0.25, 0.3) is 0 Å². The predicted octanol–water partition coefficient (Wildman–Crippen LogP) is 3.48. The van der Waals surface area contributed by atoms with Crippen molar-refractivity contribution in [1.82, 2.24) is 9.97 Å². The van der Waals surface area contributed by atoms with E-state index >= 15 is 0 Å². The molecule has 1 unspecified atom stereocenters. The maximum absolute atomic E-state index is 11.7. The Balaban J connectivity index is 1.97. The fraction of sp³-hybridized carbons (Fsp3) is 0.100. The van der Waals surface area contributed by atoms with Crippen molar-refractivity contribution in [2.75, 3.05) is 0 Å². The van der Waals surface area contributed by atoms with Gasteiger partial charge in [0, 0.05) is 17.5 Å². The first-order valence-corrected chi connectivity index (χ1v) is 7.77. The van der Waals surface area contributed by atoms with Gasteiger partial charge in [0.1, 0.15) is 6.29 Å². The summed E-state index contributed by atoms with van der Waals surface area (Å²) in [5.41, 5.74) is 4.01. The fourth-order valence-electron chi connectivity index (χ4n) is 2.64. The highest BCUT2D eigenvalue weighted by molar-refractivity contribution is 5.88. The summed E-state index contributed by atoms with van der Waals surface area (Å²) >= 11 is 0. The molecule has 0 radical (unpaired) electrons. The van der Waals surface area contributed by atoms with E-state index in [-0.39, 0.29) is 5.56 Å². The number of benzene rings is 1. The van der Waals surface area contributed by atoms with Crippen molar-refractivity contribution in [2.45, 2.75) is 12.8 Å². The molecule has 0 aliphatic rings. The highest BCUT2D eigenvalue weighted by Crippen LogP contribution is 2.25. The summed E-state index contributed by atoms with van der Waals surface area (Å²) in [6, 6.07) is 15.7. The molecule has 3 aromatic rings. The van der Waals surface area contributed by atoms with E-state index in [4.69, 9.17) is 5.11 Å². The van der Waals surface area contributed by atoms with Crippen molar-refractivity contribution < 1.29 is 14.7 Å². The van der Waals surface area contributed by atoms with E-state index in [1.807, 2.05) is 31.2 Å². The molecule has 0 saturated heterocycles. The summed E-state index contributed by atoms with van der Waals surface area (Å²) < 4.78 is 0. The molecule has 0 saturated carbocycles. The van der Waals surface area contributed by atoms with Crippen molar-refractivity contribution in [3.05, 3.63) is 83.3 Å². The van der Waals surface area contributed by atoms with Gasteiger partial charge >= 0.3 is 5.97 Å². The molecule has 0 bridgehead atoms. The molecule has 5 nitrogen and oxygen atoms in total. The maximum atomic E-state index is 11.7. The minimum atomic E-state index is -0.972. The van der Waals surface area contributed by atoms with E-state index < -0.39 is 11.9 Å². The lowest BCUT2D eigenvalue weighted by Gasteiger charge is -2.12. The third-order valence-electron chi connectivity index (χ3n) is 3.94. The molecular weight excluding hydrogens is 316 g/mol. The normalized spacial score (nSPS) is 11.7. The Kier molecular flexibility index (Phi) is 4.66. The first-order valence-electron chi connectivity index (χ1n) is 7.77. The van der Waals surface area contributed by atoms with E-state index in [2.05, 4.69) is 9.97 Å². The topological polar surface area (TPSA) is 80.2 Å². The lowest BCUT2D eigenvalue weighted by atomic mass is 9.95. The van der Waals surface area contributed by atoms with Crippen LogP contribution in [-0.2, 0) is 4.79 Å². The van der Waals surface area contributed by atoms with Crippen LogP contribution in [0.15, 0.2) is 60.8 Å². The second-order valence-corrected chi connectivity index (χ2v) is 5.67. The standard InChI is InChI=1S/C20H16N2O3/c1-13-3-2-4-18(22-13)17(12-23)16-9-10-21-19(11-16)14-5-7-15(8-6-14)20(24)25/h2-12,17H,1H3,(H,24,25). The van der Waals surface area contributed by atoms with Crippen LogP contribution in [0.3, 0.4) is 0 Å². The van der Waals surface area contributed by atoms with Crippen LogP contribution in [0, 0.1) is 6.92 Å². The monoisotopic (exact) mass is 332 g/mol. The van der Waals surface area contributed by atoms with E-state index in [1.165, 1.54) is 12.1 Å². The van der Waals surface area contributed by atoms with Crippen molar-refractivity contribution in [1.29, 1.82) is 0 Å². The Morgan fingerprint density at radius 3 is 2.52 bits per heavy atom. The largest absolute Gasteiger partial charge is 0.478 e. The van der Waals surface area contributed by atoms with Gasteiger partial charge in [0.15, 0.2) is 0 Å². The number of carboxylic acid groups (broad SMARTS) is 1. The molecule has 1 N–H and O–H groups in total. The van der Waals surface area contributed by atoms with Crippen molar-refractivity contribution in [2.24, 2.45) is 0 Å². The van der Waals surface area contributed by atoms with E-state index in [0.29, 0.717) is 11.4 Å². The van der Waals surface area contributed by atoms with E-state index in [9.17, 15) is 9.59 Å². The van der Waals surface area contributed by atoms with Gasteiger partial charge < -0.3 is 9.90 Å². The molecule has 0 aliphatic carbocycles. The number of aldehydes is 1. The highest BCUT2D eigenvalue weighted by atomic mass is 16.4. The van der Waals surface area contributed by atoms with Crippen LogP contribution in [0.5, 0.6) is 0 Å². The summed E-state index contributed by atoms with van der Waals surface area (Å²) in [4.78, 5) is 31.4. The number of aromatic nitrogens is 2. The molecule has 2 heterocycles. The van der Waals surface area contributed by atoms with Gasteiger partial charge in [-0.3, -0.25) is 9.97 Å². The molecule has 0 spiro atoms. The van der Waals surface area contributed by atoms with Gasteiger partial charge in [0.05, 0.1) is 22.9 Å². The molecule has 0 amide bonds. The van der Waals surface area contributed by atoms with Gasteiger partial charge in [-0.1, -0.05) is 18.2 Å². The predicted molar refractivity (Wildman–Crippen MR) is 93.5 cm³/mol. The number of nitrogens with zero attached hydrogens (tertiary/aromatic N) is 2. The van der Waals surface area contributed by atoms with Crippen LogP contribution < -0.4 is 0 Å². The number of carbonyl (C=O) groups is 2. The van der Waals surface area contributed by atoms with Crippen LogP contribution in [0.2, 0.25) is 0 Å². The number of carbonyl (C=O) groups excluding carboxylic acids is 1.